The lowest BCUT2D eigenvalue weighted by Gasteiger charge is -2.20. The van der Waals surface area contributed by atoms with Gasteiger partial charge in [-0.15, -0.1) is 0 Å². The molecule has 0 fully saturated rings. The van der Waals surface area contributed by atoms with Gasteiger partial charge in [0.15, 0.2) is 0 Å². The van der Waals surface area contributed by atoms with E-state index in [2.05, 4.69) is 29.3 Å². The number of hydrogen-bond acceptors (Lipinski definition) is 3. The second-order valence-electron chi connectivity index (χ2n) is 6.34. The van der Waals surface area contributed by atoms with Crippen molar-refractivity contribution in [2.24, 2.45) is 0 Å². The summed E-state index contributed by atoms with van der Waals surface area (Å²) >= 11 is 0. The quantitative estimate of drug-likeness (QED) is 0.739. The fraction of sp³-hybridized carbons (Fsp3) is 0.381. The average Bonchev–Trinajstić information content (AvgIpc) is 2.60. The lowest BCUT2D eigenvalue weighted by molar-refractivity contribution is -0.116. The van der Waals surface area contributed by atoms with Gasteiger partial charge in [-0.25, -0.2) is 0 Å². The number of benzene rings is 2. The van der Waals surface area contributed by atoms with E-state index in [9.17, 15) is 4.79 Å². The van der Waals surface area contributed by atoms with Gasteiger partial charge >= 0.3 is 0 Å². The Hall–Kier alpha value is -2.33. The summed E-state index contributed by atoms with van der Waals surface area (Å²) in [4.78, 5) is 14.5. The monoisotopic (exact) mass is 340 g/mol. The molecule has 1 amide bonds. The van der Waals surface area contributed by atoms with Gasteiger partial charge in [0, 0.05) is 25.2 Å². The van der Waals surface area contributed by atoms with Crippen molar-refractivity contribution < 1.29 is 9.53 Å². The molecule has 2 aromatic rings. The van der Waals surface area contributed by atoms with Crippen LogP contribution in [-0.4, -0.2) is 30.0 Å². The highest BCUT2D eigenvalue weighted by Crippen LogP contribution is 2.17. The number of amides is 1. The van der Waals surface area contributed by atoms with Gasteiger partial charge in [0.1, 0.15) is 5.75 Å². The summed E-state index contributed by atoms with van der Waals surface area (Å²) in [7, 11) is 0. The molecule has 0 unspecified atom stereocenters. The van der Waals surface area contributed by atoms with Crippen molar-refractivity contribution in [1.82, 2.24) is 4.90 Å². The Morgan fingerprint density at radius 1 is 1.08 bits per heavy atom. The molecule has 0 aromatic heterocycles. The SMILES string of the molecule is CCN(CCC(=O)Nc1ccc(OC(C)C)cc1)Cc1ccccc1. The summed E-state index contributed by atoms with van der Waals surface area (Å²) in [5, 5.41) is 2.94. The number of nitrogens with zero attached hydrogens (tertiary/aromatic N) is 1. The van der Waals surface area contributed by atoms with Crippen LogP contribution in [0.4, 0.5) is 5.69 Å². The Morgan fingerprint density at radius 3 is 2.36 bits per heavy atom. The van der Waals surface area contributed by atoms with Gasteiger partial charge in [-0.2, -0.15) is 0 Å². The molecule has 1 N–H and O–H groups in total. The molecule has 2 rings (SSSR count). The first-order valence-electron chi connectivity index (χ1n) is 8.89. The van der Waals surface area contributed by atoms with E-state index in [0.29, 0.717) is 6.42 Å². The van der Waals surface area contributed by atoms with Crippen LogP contribution in [0.25, 0.3) is 0 Å². The number of nitrogens with one attached hydrogen (secondary N) is 1. The Morgan fingerprint density at radius 2 is 1.76 bits per heavy atom. The van der Waals surface area contributed by atoms with Crippen molar-refractivity contribution in [2.45, 2.75) is 39.8 Å². The first kappa shape index (κ1) is 19.0. The molecule has 25 heavy (non-hydrogen) atoms. The van der Waals surface area contributed by atoms with Crippen molar-refractivity contribution in [3.8, 4) is 5.75 Å². The summed E-state index contributed by atoms with van der Waals surface area (Å²) in [6.07, 6.45) is 0.621. The number of ether oxygens (including phenoxy) is 1. The minimum absolute atomic E-state index is 0.0315. The molecule has 0 radical (unpaired) electrons. The maximum Gasteiger partial charge on any atom is 0.225 e. The summed E-state index contributed by atoms with van der Waals surface area (Å²) in [6.45, 7) is 8.63. The molecule has 134 valence electrons. The molecule has 0 aliphatic carbocycles. The molecule has 2 aromatic carbocycles. The van der Waals surface area contributed by atoms with Crippen molar-refractivity contribution in [1.29, 1.82) is 0 Å². The van der Waals surface area contributed by atoms with Crippen LogP contribution < -0.4 is 10.1 Å². The molecular weight excluding hydrogens is 312 g/mol. The Bertz CT molecular complexity index is 639. The van der Waals surface area contributed by atoms with Gasteiger partial charge in [0.25, 0.3) is 0 Å². The largest absolute Gasteiger partial charge is 0.491 e. The molecule has 0 heterocycles. The maximum atomic E-state index is 12.2. The normalized spacial score (nSPS) is 10.9. The van der Waals surface area contributed by atoms with E-state index in [1.807, 2.05) is 56.3 Å². The fourth-order valence-electron chi connectivity index (χ4n) is 2.56. The third-order valence-electron chi connectivity index (χ3n) is 3.86. The summed E-state index contributed by atoms with van der Waals surface area (Å²) in [6, 6.07) is 17.8. The van der Waals surface area contributed by atoms with Crippen molar-refractivity contribution >= 4 is 11.6 Å². The van der Waals surface area contributed by atoms with Gasteiger partial charge in [0.2, 0.25) is 5.91 Å². The van der Waals surface area contributed by atoms with E-state index < -0.39 is 0 Å². The first-order valence-corrected chi connectivity index (χ1v) is 8.89. The number of anilines is 1. The van der Waals surface area contributed by atoms with Gasteiger partial charge in [-0.05, 0) is 50.2 Å². The second-order valence-corrected chi connectivity index (χ2v) is 6.34. The van der Waals surface area contributed by atoms with Crippen LogP contribution in [0.1, 0.15) is 32.8 Å². The molecular formula is C21H28N2O2. The van der Waals surface area contributed by atoms with E-state index in [0.717, 1.165) is 31.1 Å². The molecule has 0 spiro atoms. The van der Waals surface area contributed by atoms with Crippen LogP contribution in [0.3, 0.4) is 0 Å². The van der Waals surface area contributed by atoms with Gasteiger partial charge in [-0.3, -0.25) is 9.69 Å². The van der Waals surface area contributed by atoms with Crippen molar-refractivity contribution in [2.75, 3.05) is 18.4 Å². The van der Waals surface area contributed by atoms with E-state index in [4.69, 9.17) is 4.74 Å². The summed E-state index contributed by atoms with van der Waals surface area (Å²) in [5.74, 6) is 0.844. The molecule has 0 atom stereocenters. The Balaban J connectivity index is 1.79. The lowest BCUT2D eigenvalue weighted by atomic mass is 10.2. The van der Waals surface area contributed by atoms with Crippen LogP contribution in [0.5, 0.6) is 5.75 Å². The van der Waals surface area contributed by atoms with E-state index >= 15 is 0 Å². The van der Waals surface area contributed by atoms with Gasteiger partial charge in [0.05, 0.1) is 6.10 Å². The molecule has 0 aliphatic heterocycles. The summed E-state index contributed by atoms with van der Waals surface area (Å²) in [5.41, 5.74) is 2.07. The topological polar surface area (TPSA) is 41.6 Å². The zero-order valence-electron chi connectivity index (χ0n) is 15.4. The highest BCUT2D eigenvalue weighted by molar-refractivity contribution is 5.90. The zero-order valence-corrected chi connectivity index (χ0v) is 15.4. The third-order valence-corrected chi connectivity index (χ3v) is 3.86. The van der Waals surface area contributed by atoms with Gasteiger partial charge in [-0.1, -0.05) is 37.3 Å². The summed E-state index contributed by atoms with van der Waals surface area (Å²) < 4.78 is 5.60. The molecule has 4 heteroatoms. The zero-order chi connectivity index (χ0) is 18.1. The Kier molecular flexibility index (Phi) is 7.48. The van der Waals surface area contributed by atoms with E-state index in [1.165, 1.54) is 5.56 Å². The molecule has 0 bridgehead atoms. The lowest BCUT2D eigenvalue weighted by Crippen LogP contribution is -2.27. The minimum Gasteiger partial charge on any atom is -0.491 e. The average molecular weight is 340 g/mol. The van der Waals surface area contributed by atoms with Crippen LogP contribution in [0.2, 0.25) is 0 Å². The van der Waals surface area contributed by atoms with E-state index in [1.54, 1.807) is 0 Å². The number of rotatable bonds is 9. The van der Waals surface area contributed by atoms with Crippen LogP contribution in [0.15, 0.2) is 54.6 Å². The first-order chi connectivity index (χ1) is 12.1. The predicted octanol–water partition coefficient (Wildman–Crippen LogP) is 4.32. The molecule has 4 nitrogen and oxygen atoms in total. The van der Waals surface area contributed by atoms with Gasteiger partial charge < -0.3 is 10.1 Å². The third kappa shape index (κ3) is 6.98. The van der Waals surface area contributed by atoms with Crippen LogP contribution in [0, 0.1) is 0 Å². The number of carbonyl (C=O) groups excluding carboxylic acids is 1. The number of hydrogen-bond donors (Lipinski definition) is 1. The van der Waals surface area contributed by atoms with Crippen LogP contribution >= 0.6 is 0 Å². The van der Waals surface area contributed by atoms with E-state index in [-0.39, 0.29) is 12.0 Å². The highest BCUT2D eigenvalue weighted by atomic mass is 16.5. The standard InChI is InChI=1S/C21H28N2O2/c1-4-23(16-18-8-6-5-7-9-18)15-14-21(24)22-19-10-12-20(13-11-19)25-17(2)3/h5-13,17H,4,14-16H2,1-3H3,(H,22,24). The molecule has 0 saturated carbocycles. The second kappa shape index (κ2) is 9.84. The maximum absolute atomic E-state index is 12.2. The number of carbonyl (C=O) groups is 1. The molecule has 0 saturated heterocycles. The smallest absolute Gasteiger partial charge is 0.225 e. The van der Waals surface area contributed by atoms with Crippen molar-refractivity contribution in [3.63, 3.8) is 0 Å². The highest BCUT2D eigenvalue weighted by Gasteiger charge is 2.08. The minimum atomic E-state index is 0.0315. The fourth-order valence-corrected chi connectivity index (χ4v) is 2.56. The predicted molar refractivity (Wildman–Crippen MR) is 103 cm³/mol. The molecule has 0 aliphatic rings. The van der Waals surface area contributed by atoms with Crippen molar-refractivity contribution in [3.05, 3.63) is 60.2 Å². The Labute approximate surface area is 150 Å². The van der Waals surface area contributed by atoms with Crippen LogP contribution in [-0.2, 0) is 11.3 Å².